The Morgan fingerprint density at radius 1 is 1.08 bits per heavy atom. The van der Waals surface area contributed by atoms with E-state index in [1.165, 1.54) is 12.0 Å². The number of rotatable bonds is 6. The third kappa shape index (κ3) is 4.89. The van der Waals surface area contributed by atoms with E-state index in [-0.39, 0.29) is 18.0 Å². The molecule has 132 valence electrons. The van der Waals surface area contributed by atoms with Gasteiger partial charge in [0.25, 0.3) is 0 Å². The molecule has 1 fully saturated rings. The number of aromatic nitrogens is 1. The van der Waals surface area contributed by atoms with Gasteiger partial charge >= 0.3 is 0 Å². The molecule has 2 heterocycles. The van der Waals surface area contributed by atoms with Gasteiger partial charge in [0.05, 0.1) is 6.04 Å². The number of benzene rings is 1. The molecule has 2 aromatic rings. The summed E-state index contributed by atoms with van der Waals surface area (Å²) in [6, 6.07) is 14.2. The first-order valence-electron chi connectivity index (χ1n) is 9.23. The molecule has 3 rings (SSSR count). The van der Waals surface area contributed by atoms with Gasteiger partial charge in [-0.2, -0.15) is 0 Å². The third-order valence-electron chi connectivity index (χ3n) is 4.91. The Hall–Kier alpha value is -2.20. The van der Waals surface area contributed by atoms with Crippen molar-refractivity contribution in [1.29, 1.82) is 0 Å². The maximum Gasteiger partial charge on any atom is 0.240 e. The number of pyridine rings is 1. The highest BCUT2D eigenvalue weighted by atomic mass is 16.2. The molecule has 0 saturated carbocycles. The molecule has 0 spiro atoms. The fourth-order valence-electron chi connectivity index (χ4n) is 3.45. The molecular formula is C21H27N3O. The molecule has 0 aliphatic carbocycles. The van der Waals surface area contributed by atoms with Crippen LogP contribution in [0, 0.1) is 0 Å². The highest BCUT2D eigenvalue weighted by Crippen LogP contribution is 2.17. The first-order valence-corrected chi connectivity index (χ1v) is 9.23. The molecule has 4 heteroatoms. The molecule has 25 heavy (non-hydrogen) atoms. The number of hydrogen-bond acceptors (Lipinski definition) is 3. The van der Waals surface area contributed by atoms with Crippen LogP contribution in [0.25, 0.3) is 0 Å². The predicted octanol–water partition coefficient (Wildman–Crippen LogP) is 3.36. The minimum absolute atomic E-state index is 0.102. The summed E-state index contributed by atoms with van der Waals surface area (Å²) in [4.78, 5) is 19.2. The quantitative estimate of drug-likeness (QED) is 0.879. The van der Waals surface area contributed by atoms with Crippen molar-refractivity contribution in [1.82, 2.24) is 15.2 Å². The lowest BCUT2D eigenvalue weighted by Crippen LogP contribution is -2.49. The molecular weight excluding hydrogens is 310 g/mol. The van der Waals surface area contributed by atoms with Crippen LogP contribution in [0.4, 0.5) is 0 Å². The zero-order valence-electron chi connectivity index (χ0n) is 14.9. The normalized spacial score (nSPS) is 17.1. The maximum absolute atomic E-state index is 13.1. The molecule has 0 radical (unpaired) electrons. The molecule has 1 aliphatic heterocycles. The van der Waals surface area contributed by atoms with Gasteiger partial charge in [0.1, 0.15) is 0 Å². The Kier molecular flexibility index (Phi) is 6.18. The van der Waals surface area contributed by atoms with Crippen LogP contribution in [-0.2, 0) is 11.2 Å². The molecule has 1 aromatic carbocycles. The molecule has 2 atom stereocenters. The van der Waals surface area contributed by atoms with Gasteiger partial charge in [-0.15, -0.1) is 0 Å². The van der Waals surface area contributed by atoms with E-state index in [9.17, 15) is 4.79 Å². The van der Waals surface area contributed by atoms with Gasteiger partial charge in [-0.05, 0) is 55.9 Å². The minimum atomic E-state index is -0.205. The number of amides is 1. The monoisotopic (exact) mass is 337 g/mol. The van der Waals surface area contributed by atoms with E-state index in [0.717, 1.165) is 31.5 Å². The molecule has 1 saturated heterocycles. The average molecular weight is 337 g/mol. The van der Waals surface area contributed by atoms with E-state index in [1.54, 1.807) is 12.4 Å². The van der Waals surface area contributed by atoms with Gasteiger partial charge in [0.2, 0.25) is 5.91 Å². The van der Waals surface area contributed by atoms with Crippen molar-refractivity contribution in [3.05, 3.63) is 66.0 Å². The Morgan fingerprint density at radius 2 is 1.76 bits per heavy atom. The first kappa shape index (κ1) is 17.6. The summed E-state index contributed by atoms with van der Waals surface area (Å²) < 4.78 is 0. The standard InChI is InChI=1S/C21H27N3O/c1-17(19-10-12-22-13-11-19)23-20(16-18-8-4-2-5-9-18)21(25)24-14-6-3-7-15-24/h2,4-5,8-13,17,20,23H,3,6-7,14-16H2,1H3/t17-,20+/m0/s1. The smallest absolute Gasteiger partial charge is 0.240 e. The van der Waals surface area contributed by atoms with E-state index in [2.05, 4.69) is 29.4 Å². The SMILES string of the molecule is C[C@H](N[C@H](Cc1ccccc1)C(=O)N1CCCCC1)c1ccncc1. The van der Waals surface area contributed by atoms with E-state index in [0.29, 0.717) is 6.42 Å². The number of nitrogens with one attached hydrogen (secondary N) is 1. The van der Waals surface area contributed by atoms with Gasteiger partial charge in [-0.25, -0.2) is 0 Å². The van der Waals surface area contributed by atoms with Crippen molar-refractivity contribution in [2.24, 2.45) is 0 Å². The van der Waals surface area contributed by atoms with Crippen molar-refractivity contribution in [3.63, 3.8) is 0 Å². The molecule has 0 unspecified atom stereocenters. The Morgan fingerprint density at radius 3 is 2.44 bits per heavy atom. The second-order valence-corrected chi connectivity index (χ2v) is 6.80. The molecule has 1 amide bonds. The van der Waals surface area contributed by atoms with Gasteiger partial charge in [-0.1, -0.05) is 30.3 Å². The van der Waals surface area contributed by atoms with E-state index < -0.39 is 0 Å². The van der Waals surface area contributed by atoms with Crippen LogP contribution in [0.15, 0.2) is 54.9 Å². The summed E-state index contributed by atoms with van der Waals surface area (Å²) in [7, 11) is 0. The number of carbonyl (C=O) groups is 1. The molecule has 1 aliphatic rings. The zero-order valence-corrected chi connectivity index (χ0v) is 14.9. The summed E-state index contributed by atoms with van der Waals surface area (Å²) in [6.07, 6.45) is 7.77. The zero-order chi connectivity index (χ0) is 17.5. The van der Waals surface area contributed by atoms with E-state index in [4.69, 9.17) is 0 Å². The van der Waals surface area contributed by atoms with Gasteiger partial charge in [0.15, 0.2) is 0 Å². The number of carbonyl (C=O) groups excluding carboxylic acids is 1. The van der Waals surface area contributed by atoms with Gasteiger partial charge in [-0.3, -0.25) is 15.1 Å². The summed E-state index contributed by atoms with van der Waals surface area (Å²) in [5.74, 6) is 0.226. The second-order valence-electron chi connectivity index (χ2n) is 6.80. The Labute approximate surface area is 150 Å². The van der Waals surface area contributed by atoms with Crippen LogP contribution >= 0.6 is 0 Å². The predicted molar refractivity (Wildman–Crippen MR) is 100 cm³/mol. The van der Waals surface area contributed by atoms with Crippen molar-refractivity contribution in [2.45, 2.75) is 44.7 Å². The number of nitrogens with zero attached hydrogens (tertiary/aromatic N) is 2. The van der Waals surface area contributed by atoms with Crippen molar-refractivity contribution >= 4 is 5.91 Å². The maximum atomic E-state index is 13.1. The summed E-state index contributed by atoms with van der Waals surface area (Å²) in [5, 5.41) is 3.56. The van der Waals surface area contributed by atoms with Crippen LogP contribution in [-0.4, -0.2) is 34.9 Å². The molecule has 4 nitrogen and oxygen atoms in total. The van der Waals surface area contributed by atoms with E-state index >= 15 is 0 Å². The molecule has 1 aromatic heterocycles. The second kappa shape index (κ2) is 8.77. The number of piperidine rings is 1. The van der Waals surface area contributed by atoms with Crippen molar-refractivity contribution in [3.8, 4) is 0 Å². The fraction of sp³-hybridized carbons (Fsp3) is 0.429. The Bertz CT molecular complexity index is 653. The van der Waals surface area contributed by atoms with Crippen LogP contribution in [0.2, 0.25) is 0 Å². The van der Waals surface area contributed by atoms with Gasteiger partial charge < -0.3 is 4.90 Å². The van der Waals surface area contributed by atoms with Crippen LogP contribution in [0.1, 0.15) is 43.4 Å². The lowest BCUT2D eigenvalue weighted by Gasteiger charge is -2.32. The molecule has 1 N–H and O–H groups in total. The van der Waals surface area contributed by atoms with Gasteiger partial charge in [0, 0.05) is 31.5 Å². The molecule has 0 bridgehead atoms. The van der Waals surface area contributed by atoms with Crippen LogP contribution < -0.4 is 5.32 Å². The number of likely N-dealkylation sites (tertiary alicyclic amines) is 1. The van der Waals surface area contributed by atoms with E-state index in [1.807, 2.05) is 35.2 Å². The number of hydrogen-bond donors (Lipinski definition) is 1. The average Bonchev–Trinajstić information content (AvgIpc) is 2.69. The van der Waals surface area contributed by atoms with Crippen molar-refractivity contribution < 1.29 is 4.79 Å². The first-order chi connectivity index (χ1) is 12.2. The van der Waals surface area contributed by atoms with Crippen molar-refractivity contribution in [2.75, 3.05) is 13.1 Å². The lowest BCUT2D eigenvalue weighted by atomic mass is 10.0. The Balaban J connectivity index is 1.74. The highest BCUT2D eigenvalue weighted by molar-refractivity contribution is 5.82. The third-order valence-corrected chi connectivity index (χ3v) is 4.91. The van der Waals surface area contributed by atoms with Crippen LogP contribution in [0.5, 0.6) is 0 Å². The summed E-state index contributed by atoms with van der Waals surface area (Å²) in [5.41, 5.74) is 2.34. The topological polar surface area (TPSA) is 45.2 Å². The summed E-state index contributed by atoms with van der Waals surface area (Å²) in [6.45, 7) is 3.88. The largest absolute Gasteiger partial charge is 0.341 e. The van der Waals surface area contributed by atoms with Crippen LogP contribution in [0.3, 0.4) is 0 Å². The lowest BCUT2D eigenvalue weighted by molar-refractivity contribution is -0.134. The highest BCUT2D eigenvalue weighted by Gasteiger charge is 2.27. The minimum Gasteiger partial charge on any atom is -0.341 e. The summed E-state index contributed by atoms with van der Waals surface area (Å²) >= 11 is 0. The fourth-order valence-corrected chi connectivity index (χ4v) is 3.45.